The molecule has 2 saturated heterocycles. The third-order valence-corrected chi connectivity index (χ3v) is 4.66. The molecule has 2 heterocycles. The van der Waals surface area contributed by atoms with Crippen molar-refractivity contribution in [2.45, 2.75) is 18.9 Å². The van der Waals surface area contributed by atoms with Gasteiger partial charge in [-0.15, -0.1) is 0 Å². The van der Waals surface area contributed by atoms with E-state index in [-0.39, 0.29) is 11.7 Å². The number of carbonyl (C=O) groups is 1. The van der Waals surface area contributed by atoms with Crippen LogP contribution in [-0.2, 0) is 4.74 Å². The van der Waals surface area contributed by atoms with Crippen LogP contribution in [0.25, 0.3) is 0 Å². The Bertz CT molecular complexity index is 561. The maximum Gasteiger partial charge on any atom is 0.254 e. The minimum absolute atomic E-state index is 0.0858. The normalized spacial score (nSPS) is 22.3. The van der Waals surface area contributed by atoms with Crippen LogP contribution in [0.1, 0.15) is 23.2 Å². The molecule has 0 unspecified atom stereocenters. The van der Waals surface area contributed by atoms with E-state index < -0.39 is 0 Å². The SMILES string of the molecule is CN[C@H]1CCCN(C(=O)c2ccc(N3CCOCC3)c(F)c2)C1. The number of likely N-dealkylation sites (N-methyl/N-ethyl adjacent to an activating group) is 1. The van der Waals surface area contributed by atoms with Crippen molar-refractivity contribution in [3.63, 3.8) is 0 Å². The largest absolute Gasteiger partial charge is 0.378 e. The van der Waals surface area contributed by atoms with Crippen molar-refractivity contribution < 1.29 is 13.9 Å². The molecule has 0 spiro atoms. The minimum atomic E-state index is -0.333. The van der Waals surface area contributed by atoms with Gasteiger partial charge in [0.2, 0.25) is 0 Å². The van der Waals surface area contributed by atoms with Crippen LogP contribution >= 0.6 is 0 Å². The molecular weight excluding hydrogens is 297 g/mol. The zero-order chi connectivity index (χ0) is 16.2. The molecule has 6 heteroatoms. The highest BCUT2D eigenvalue weighted by atomic mass is 19.1. The molecule has 0 radical (unpaired) electrons. The van der Waals surface area contributed by atoms with Crippen LogP contribution in [0, 0.1) is 5.82 Å². The number of morpholine rings is 1. The number of amides is 1. The second-order valence-corrected chi connectivity index (χ2v) is 6.14. The maximum absolute atomic E-state index is 14.4. The lowest BCUT2D eigenvalue weighted by molar-refractivity contribution is 0.0697. The van der Waals surface area contributed by atoms with E-state index in [2.05, 4.69) is 5.32 Å². The fourth-order valence-electron chi connectivity index (χ4n) is 3.28. The van der Waals surface area contributed by atoms with Crippen LogP contribution in [0.4, 0.5) is 10.1 Å². The average Bonchev–Trinajstić information content (AvgIpc) is 2.61. The van der Waals surface area contributed by atoms with Gasteiger partial charge in [0.1, 0.15) is 5.82 Å². The summed E-state index contributed by atoms with van der Waals surface area (Å²) in [5, 5.41) is 3.22. The molecule has 23 heavy (non-hydrogen) atoms. The molecule has 0 bridgehead atoms. The smallest absolute Gasteiger partial charge is 0.254 e. The quantitative estimate of drug-likeness (QED) is 0.916. The Kier molecular flexibility index (Phi) is 5.13. The number of halogens is 1. The topological polar surface area (TPSA) is 44.8 Å². The summed E-state index contributed by atoms with van der Waals surface area (Å²) in [7, 11) is 1.91. The number of anilines is 1. The highest BCUT2D eigenvalue weighted by Gasteiger charge is 2.24. The van der Waals surface area contributed by atoms with Crippen LogP contribution in [0.15, 0.2) is 18.2 Å². The molecule has 5 nitrogen and oxygen atoms in total. The van der Waals surface area contributed by atoms with E-state index in [4.69, 9.17) is 4.74 Å². The van der Waals surface area contributed by atoms with Crippen LogP contribution < -0.4 is 10.2 Å². The molecule has 3 rings (SSSR count). The Morgan fingerprint density at radius 1 is 1.30 bits per heavy atom. The van der Waals surface area contributed by atoms with Crippen LogP contribution in [-0.4, -0.2) is 63.3 Å². The Balaban J connectivity index is 1.72. The van der Waals surface area contributed by atoms with Crippen molar-refractivity contribution in [1.82, 2.24) is 10.2 Å². The second-order valence-electron chi connectivity index (χ2n) is 6.14. The summed E-state index contributed by atoms with van der Waals surface area (Å²) < 4.78 is 19.7. The third-order valence-electron chi connectivity index (χ3n) is 4.66. The van der Waals surface area contributed by atoms with Crippen LogP contribution in [0.5, 0.6) is 0 Å². The molecule has 1 N–H and O–H groups in total. The van der Waals surface area contributed by atoms with Gasteiger partial charge in [-0.1, -0.05) is 0 Å². The summed E-state index contributed by atoms with van der Waals surface area (Å²) in [4.78, 5) is 16.4. The predicted octanol–water partition coefficient (Wildman–Crippen LogP) is 1.49. The first kappa shape index (κ1) is 16.2. The average molecular weight is 321 g/mol. The molecule has 1 aromatic carbocycles. The molecule has 2 aliphatic heterocycles. The number of rotatable bonds is 3. The van der Waals surface area contributed by atoms with E-state index in [0.29, 0.717) is 50.1 Å². The highest BCUT2D eigenvalue weighted by Crippen LogP contribution is 2.23. The number of nitrogens with one attached hydrogen (secondary N) is 1. The Labute approximate surface area is 136 Å². The zero-order valence-electron chi connectivity index (χ0n) is 13.6. The molecule has 1 amide bonds. The number of hydrogen-bond acceptors (Lipinski definition) is 4. The van der Waals surface area contributed by atoms with E-state index in [1.54, 1.807) is 12.1 Å². The molecule has 0 saturated carbocycles. The minimum Gasteiger partial charge on any atom is -0.378 e. The zero-order valence-corrected chi connectivity index (χ0v) is 13.6. The Morgan fingerprint density at radius 2 is 2.09 bits per heavy atom. The van der Waals surface area contributed by atoms with Crippen molar-refractivity contribution >= 4 is 11.6 Å². The van der Waals surface area contributed by atoms with Gasteiger partial charge in [0.25, 0.3) is 5.91 Å². The van der Waals surface area contributed by atoms with Gasteiger partial charge >= 0.3 is 0 Å². The molecule has 2 fully saturated rings. The number of nitrogens with zero attached hydrogens (tertiary/aromatic N) is 2. The molecule has 1 aromatic rings. The lowest BCUT2D eigenvalue weighted by Crippen LogP contribution is -2.47. The van der Waals surface area contributed by atoms with Gasteiger partial charge in [-0.3, -0.25) is 4.79 Å². The molecule has 0 aliphatic carbocycles. The van der Waals surface area contributed by atoms with E-state index in [1.807, 2.05) is 16.8 Å². The lowest BCUT2D eigenvalue weighted by Gasteiger charge is -2.33. The monoisotopic (exact) mass is 321 g/mol. The number of ether oxygens (including phenoxy) is 1. The molecule has 2 aliphatic rings. The van der Waals surface area contributed by atoms with Gasteiger partial charge < -0.3 is 19.9 Å². The lowest BCUT2D eigenvalue weighted by atomic mass is 10.0. The van der Waals surface area contributed by atoms with Crippen molar-refractivity contribution in [2.75, 3.05) is 51.3 Å². The summed E-state index contributed by atoms with van der Waals surface area (Å²) in [6, 6.07) is 5.15. The fraction of sp³-hybridized carbons (Fsp3) is 0.588. The molecule has 1 atom stereocenters. The maximum atomic E-state index is 14.4. The highest BCUT2D eigenvalue weighted by molar-refractivity contribution is 5.94. The summed E-state index contributed by atoms with van der Waals surface area (Å²) in [5.41, 5.74) is 0.979. The van der Waals surface area contributed by atoms with Gasteiger partial charge in [-0.2, -0.15) is 0 Å². The first-order chi connectivity index (χ1) is 11.2. The standard InChI is InChI=1S/C17H24FN3O2/c1-19-14-3-2-6-21(12-14)17(22)13-4-5-16(15(18)11-13)20-7-9-23-10-8-20/h4-5,11,14,19H,2-3,6-10,12H2,1H3/t14-/m0/s1. The van der Waals surface area contributed by atoms with Crippen molar-refractivity contribution in [2.24, 2.45) is 0 Å². The van der Waals surface area contributed by atoms with Crippen molar-refractivity contribution in [3.05, 3.63) is 29.6 Å². The summed E-state index contributed by atoms with van der Waals surface area (Å²) in [5.74, 6) is -0.419. The molecule has 0 aromatic heterocycles. The number of benzene rings is 1. The van der Waals surface area contributed by atoms with Crippen molar-refractivity contribution in [3.8, 4) is 0 Å². The van der Waals surface area contributed by atoms with E-state index in [0.717, 1.165) is 19.4 Å². The van der Waals surface area contributed by atoms with E-state index in [9.17, 15) is 9.18 Å². The van der Waals surface area contributed by atoms with Gasteiger partial charge in [0, 0.05) is 37.8 Å². The number of likely N-dealkylation sites (tertiary alicyclic amines) is 1. The number of hydrogen-bond donors (Lipinski definition) is 1. The van der Waals surface area contributed by atoms with Crippen LogP contribution in [0.3, 0.4) is 0 Å². The predicted molar refractivity (Wildman–Crippen MR) is 87.4 cm³/mol. The summed E-state index contributed by atoms with van der Waals surface area (Å²) >= 11 is 0. The summed E-state index contributed by atoms with van der Waals surface area (Å²) in [6.07, 6.45) is 2.05. The van der Waals surface area contributed by atoms with E-state index >= 15 is 0 Å². The van der Waals surface area contributed by atoms with Gasteiger partial charge in [0.05, 0.1) is 18.9 Å². The number of piperidine rings is 1. The third kappa shape index (κ3) is 3.64. The van der Waals surface area contributed by atoms with Gasteiger partial charge in [0.15, 0.2) is 0 Å². The van der Waals surface area contributed by atoms with E-state index in [1.165, 1.54) is 6.07 Å². The van der Waals surface area contributed by atoms with Crippen LogP contribution in [0.2, 0.25) is 0 Å². The summed E-state index contributed by atoms with van der Waals surface area (Å²) in [6.45, 7) is 4.00. The van der Waals surface area contributed by atoms with Crippen molar-refractivity contribution in [1.29, 1.82) is 0 Å². The fourth-order valence-corrected chi connectivity index (χ4v) is 3.28. The molecule has 126 valence electrons. The van der Waals surface area contributed by atoms with Gasteiger partial charge in [-0.05, 0) is 38.1 Å². The van der Waals surface area contributed by atoms with Gasteiger partial charge in [-0.25, -0.2) is 4.39 Å². The number of carbonyl (C=O) groups excluding carboxylic acids is 1. The first-order valence-corrected chi connectivity index (χ1v) is 8.28. The molecular formula is C17H24FN3O2. The Morgan fingerprint density at radius 3 is 2.78 bits per heavy atom. The second kappa shape index (κ2) is 7.27. The first-order valence-electron chi connectivity index (χ1n) is 8.28. The Hall–Kier alpha value is -1.66.